The molecule has 1 rings (SSSR count). The fourth-order valence-electron chi connectivity index (χ4n) is 1.39. The van der Waals surface area contributed by atoms with Crippen LogP contribution in [0.1, 0.15) is 31.0 Å². The Morgan fingerprint density at radius 1 is 1.44 bits per heavy atom. The lowest BCUT2D eigenvalue weighted by Gasteiger charge is -2.10. The fraction of sp³-hybridized carbons (Fsp3) is 0.455. The summed E-state index contributed by atoms with van der Waals surface area (Å²) in [4.78, 5) is 14.9. The van der Waals surface area contributed by atoms with Crippen molar-refractivity contribution in [2.75, 3.05) is 0 Å². The Morgan fingerprint density at radius 2 is 2.12 bits per heavy atom. The van der Waals surface area contributed by atoms with E-state index in [9.17, 15) is 18.0 Å². The lowest BCUT2D eigenvalue weighted by molar-refractivity contribution is -0.138. The Morgan fingerprint density at radius 3 is 2.69 bits per heavy atom. The molecule has 0 N–H and O–H groups in total. The molecule has 2 nitrogen and oxygen atoms in total. The van der Waals surface area contributed by atoms with E-state index in [4.69, 9.17) is 0 Å². The van der Waals surface area contributed by atoms with Crippen LogP contribution in [0.15, 0.2) is 18.3 Å². The van der Waals surface area contributed by atoms with Crippen LogP contribution in [0.3, 0.4) is 0 Å². The first-order valence-corrected chi connectivity index (χ1v) is 4.98. The van der Waals surface area contributed by atoms with E-state index >= 15 is 0 Å². The molecule has 1 aromatic rings. The van der Waals surface area contributed by atoms with Gasteiger partial charge >= 0.3 is 6.18 Å². The first-order valence-electron chi connectivity index (χ1n) is 4.98. The SMILES string of the molecule is CCCC(=O)Cc1ncccc1C(F)(F)F. The van der Waals surface area contributed by atoms with E-state index in [-0.39, 0.29) is 24.3 Å². The van der Waals surface area contributed by atoms with Crippen LogP contribution in [0.2, 0.25) is 0 Å². The van der Waals surface area contributed by atoms with Crippen molar-refractivity contribution in [2.24, 2.45) is 0 Å². The number of pyridine rings is 1. The summed E-state index contributed by atoms with van der Waals surface area (Å²) in [5.41, 5.74) is -1.01. The van der Waals surface area contributed by atoms with Gasteiger partial charge in [-0.3, -0.25) is 9.78 Å². The highest BCUT2D eigenvalue weighted by Gasteiger charge is 2.34. The van der Waals surface area contributed by atoms with Crippen LogP contribution in [-0.4, -0.2) is 10.8 Å². The summed E-state index contributed by atoms with van der Waals surface area (Å²) in [6, 6.07) is 2.16. The number of Topliss-reactive ketones (excluding diaryl/α,β-unsaturated/α-hetero) is 1. The fourth-order valence-corrected chi connectivity index (χ4v) is 1.39. The predicted octanol–water partition coefficient (Wildman–Crippen LogP) is 3.01. The van der Waals surface area contributed by atoms with E-state index < -0.39 is 11.7 Å². The average Bonchev–Trinajstić information content (AvgIpc) is 2.17. The summed E-state index contributed by atoms with van der Waals surface area (Å²) in [7, 11) is 0. The second-order valence-corrected chi connectivity index (χ2v) is 3.46. The van der Waals surface area contributed by atoms with Crippen LogP contribution >= 0.6 is 0 Å². The summed E-state index contributed by atoms with van der Waals surface area (Å²) >= 11 is 0. The Kier molecular flexibility index (Phi) is 4.04. The van der Waals surface area contributed by atoms with Crippen molar-refractivity contribution >= 4 is 5.78 Å². The molecule has 0 radical (unpaired) electrons. The average molecular weight is 231 g/mol. The summed E-state index contributed by atoms with van der Waals surface area (Å²) in [6.45, 7) is 1.81. The van der Waals surface area contributed by atoms with Crippen LogP contribution in [-0.2, 0) is 17.4 Å². The van der Waals surface area contributed by atoms with E-state index in [0.29, 0.717) is 6.42 Å². The van der Waals surface area contributed by atoms with Gasteiger partial charge in [-0.1, -0.05) is 6.92 Å². The molecular weight excluding hydrogens is 219 g/mol. The normalized spacial score (nSPS) is 11.5. The Hall–Kier alpha value is -1.39. The third-order valence-electron chi connectivity index (χ3n) is 2.09. The number of carbonyl (C=O) groups is 1. The maximum absolute atomic E-state index is 12.5. The topological polar surface area (TPSA) is 30.0 Å². The smallest absolute Gasteiger partial charge is 0.299 e. The zero-order valence-electron chi connectivity index (χ0n) is 8.84. The molecule has 16 heavy (non-hydrogen) atoms. The Bertz CT molecular complexity index is 374. The predicted molar refractivity (Wildman–Crippen MR) is 52.9 cm³/mol. The molecule has 0 spiro atoms. The van der Waals surface area contributed by atoms with E-state index in [1.807, 2.05) is 0 Å². The van der Waals surface area contributed by atoms with Gasteiger partial charge in [0.1, 0.15) is 5.78 Å². The van der Waals surface area contributed by atoms with Crippen molar-refractivity contribution < 1.29 is 18.0 Å². The zero-order valence-corrected chi connectivity index (χ0v) is 8.84. The number of nitrogens with zero attached hydrogens (tertiary/aromatic N) is 1. The van der Waals surface area contributed by atoms with Crippen LogP contribution in [0.4, 0.5) is 13.2 Å². The highest BCUT2D eigenvalue weighted by atomic mass is 19.4. The van der Waals surface area contributed by atoms with Gasteiger partial charge in [-0.15, -0.1) is 0 Å². The van der Waals surface area contributed by atoms with Gasteiger partial charge in [-0.2, -0.15) is 13.2 Å². The van der Waals surface area contributed by atoms with E-state index in [0.717, 1.165) is 6.07 Å². The highest BCUT2D eigenvalue weighted by Crippen LogP contribution is 2.31. The number of aromatic nitrogens is 1. The van der Waals surface area contributed by atoms with Crippen LogP contribution in [0.5, 0.6) is 0 Å². The van der Waals surface area contributed by atoms with Crippen molar-refractivity contribution in [3.8, 4) is 0 Å². The summed E-state index contributed by atoms with van der Waals surface area (Å²) < 4.78 is 37.6. The molecule has 5 heteroatoms. The molecule has 0 saturated heterocycles. The van der Waals surface area contributed by atoms with Gasteiger partial charge in [0.15, 0.2) is 0 Å². The van der Waals surface area contributed by atoms with Crippen molar-refractivity contribution in [3.63, 3.8) is 0 Å². The molecule has 1 aromatic heterocycles. The van der Waals surface area contributed by atoms with Gasteiger partial charge in [0.25, 0.3) is 0 Å². The third kappa shape index (κ3) is 3.32. The maximum atomic E-state index is 12.5. The van der Waals surface area contributed by atoms with Crippen molar-refractivity contribution in [3.05, 3.63) is 29.6 Å². The van der Waals surface area contributed by atoms with E-state index in [2.05, 4.69) is 4.98 Å². The molecule has 0 aromatic carbocycles. The van der Waals surface area contributed by atoms with Crippen LogP contribution in [0.25, 0.3) is 0 Å². The monoisotopic (exact) mass is 231 g/mol. The Labute approximate surface area is 91.5 Å². The third-order valence-corrected chi connectivity index (χ3v) is 2.09. The molecule has 0 aliphatic rings. The number of hydrogen-bond donors (Lipinski definition) is 0. The summed E-state index contributed by atoms with van der Waals surface area (Å²) in [5.74, 6) is -0.216. The molecule has 0 fully saturated rings. The van der Waals surface area contributed by atoms with Gasteiger partial charge < -0.3 is 0 Å². The number of halogens is 3. The minimum absolute atomic E-state index is 0.187. The van der Waals surface area contributed by atoms with Crippen molar-refractivity contribution in [1.82, 2.24) is 4.98 Å². The zero-order chi connectivity index (χ0) is 12.2. The molecule has 0 atom stereocenters. The number of ketones is 1. The lowest BCUT2D eigenvalue weighted by Crippen LogP contribution is -2.13. The summed E-state index contributed by atoms with van der Waals surface area (Å²) in [5, 5.41) is 0. The minimum Gasteiger partial charge on any atom is -0.299 e. The number of rotatable bonds is 4. The molecule has 0 unspecified atom stereocenters. The quantitative estimate of drug-likeness (QED) is 0.797. The first-order chi connectivity index (χ1) is 7.45. The van der Waals surface area contributed by atoms with Gasteiger partial charge in [0.05, 0.1) is 11.3 Å². The van der Waals surface area contributed by atoms with Crippen LogP contribution < -0.4 is 0 Å². The second-order valence-electron chi connectivity index (χ2n) is 3.46. The first kappa shape index (κ1) is 12.7. The molecule has 0 amide bonds. The molecule has 0 saturated carbocycles. The van der Waals surface area contributed by atoms with E-state index in [1.165, 1.54) is 12.3 Å². The molecule has 0 aliphatic carbocycles. The van der Waals surface area contributed by atoms with Gasteiger partial charge in [0, 0.05) is 19.0 Å². The van der Waals surface area contributed by atoms with Crippen molar-refractivity contribution in [2.45, 2.75) is 32.4 Å². The number of hydrogen-bond acceptors (Lipinski definition) is 2. The molecule has 88 valence electrons. The maximum Gasteiger partial charge on any atom is 0.418 e. The summed E-state index contributed by atoms with van der Waals surface area (Å²) in [6.07, 6.45) is -2.51. The Balaban J connectivity index is 2.92. The standard InChI is InChI=1S/C11H12F3NO/c1-2-4-8(16)7-10-9(11(12,13)14)5-3-6-15-10/h3,5-6H,2,4,7H2,1H3. The minimum atomic E-state index is -4.45. The highest BCUT2D eigenvalue weighted by molar-refractivity contribution is 5.80. The van der Waals surface area contributed by atoms with Gasteiger partial charge in [0.2, 0.25) is 0 Å². The van der Waals surface area contributed by atoms with E-state index in [1.54, 1.807) is 6.92 Å². The lowest BCUT2D eigenvalue weighted by atomic mass is 10.1. The molecule has 0 aliphatic heterocycles. The van der Waals surface area contributed by atoms with Crippen LogP contribution in [0, 0.1) is 0 Å². The second kappa shape index (κ2) is 5.09. The molecular formula is C11H12F3NO. The number of alkyl halides is 3. The molecule has 1 heterocycles. The van der Waals surface area contributed by atoms with Gasteiger partial charge in [-0.25, -0.2) is 0 Å². The molecule has 0 bridgehead atoms. The van der Waals surface area contributed by atoms with Crippen molar-refractivity contribution in [1.29, 1.82) is 0 Å². The largest absolute Gasteiger partial charge is 0.418 e. The number of carbonyl (C=O) groups excluding carboxylic acids is 1. The van der Waals surface area contributed by atoms with Gasteiger partial charge in [-0.05, 0) is 18.6 Å².